The molecule has 0 radical (unpaired) electrons. The number of likely N-dealkylation sites (N-methyl/N-ethyl adjacent to an activating group) is 1. The standard InChI is InChI=1S/C20H24FN3O/c1-2-23-11-13-24(14-12-23)18-9-7-17(8-10-18)22-20(25)15-16-5-3-4-6-19(16)21/h3-10H,2,11-15H2,1H3,(H,22,25)/p+1. The average molecular weight is 342 g/mol. The highest BCUT2D eigenvalue weighted by atomic mass is 19.1. The van der Waals surface area contributed by atoms with Crippen LogP contribution >= 0.6 is 0 Å². The summed E-state index contributed by atoms with van der Waals surface area (Å²) in [6.07, 6.45) is 0.0379. The van der Waals surface area contributed by atoms with Crippen LogP contribution in [0.5, 0.6) is 0 Å². The smallest absolute Gasteiger partial charge is 0.228 e. The molecule has 25 heavy (non-hydrogen) atoms. The van der Waals surface area contributed by atoms with Gasteiger partial charge in [0.2, 0.25) is 5.91 Å². The topological polar surface area (TPSA) is 36.8 Å². The predicted octanol–water partition coefficient (Wildman–Crippen LogP) is 1.73. The van der Waals surface area contributed by atoms with Gasteiger partial charge in [-0.05, 0) is 42.8 Å². The summed E-state index contributed by atoms with van der Waals surface area (Å²) in [7, 11) is 0. The second-order valence-electron chi connectivity index (χ2n) is 6.45. The van der Waals surface area contributed by atoms with Gasteiger partial charge in [-0.15, -0.1) is 0 Å². The third-order valence-electron chi connectivity index (χ3n) is 4.80. The van der Waals surface area contributed by atoms with Crippen LogP contribution in [0.3, 0.4) is 0 Å². The molecule has 1 amide bonds. The summed E-state index contributed by atoms with van der Waals surface area (Å²) in [5, 5.41) is 2.84. The Balaban J connectivity index is 1.56. The van der Waals surface area contributed by atoms with Gasteiger partial charge in [-0.2, -0.15) is 0 Å². The van der Waals surface area contributed by atoms with Gasteiger partial charge >= 0.3 is 0 Å². The normalized spacial score (nSPS) is 15.2. The first-order valence-electron chi connectivity index (χ1n) is 8.87. The van der Waals surface area contributed by atoms with E-state index < -0.39 is 0 Å². The van der Waals surface area contributed by atoms with Gasteiger partial charge in [-0.1, -0.05) is 18.2 Å². The fourth-order valence-electron chi connectivity index (χ4n) is 3.21. The molecule has 2 aromatic carbocycles. The minimum atomic E-state index is -0.346. The van der Waals surface area contributed by atoms with Crippen molar-refractivity contribution in [3.8, 4) is 0 Å². The quantitative estimate of drug-likeness (QED) is 0.868. The zero-order chi connectivity index (χ0) is 17.6. The van der Waals surface area contributed by atoms with Gasteiger partial charge in [-0.25, -0.2) is 4.39 Å². The summed E-state index contributed by atoms with van der Waals surface area (Å²) >= 11 is 0. The van der Waals surface area contributed by atoms with Gasteiger partial charge in [0.1, 0.15) is 5.82 Å². The van der Waals surface area contributed by atoms with E-state index in [0.717, 1.165) is 31.9 Å². The number of benzene rings is 2. The molecule has 0 spiro atoms. The van der Waals surface area contributed by atoms with Crippen molar-refractivity contribution in [2.45, 2.75) is 13.3 Å². The van der Waals surface area contributed by atoms with E-state index in [4.69, 9.17) is 0 Å². The molecule has 4 nitrogen and oxygen atoms in total. The highest BCUT2D eigenvalue weighted by Gasteiger charge is 2.18. The van der Waals surface area contributed by atoms with Crippen LogP contribution in [0.4, 0.5) is 15.8 Å². The van der Waals surface area contributed by atoms with E-state index in [2.05, 4.69) is 17.1 Å². The molecule has 3 rings (SSSR count). The summed E-state index contributed by atoms with van der Waals surface area (Å²) in [4.78, 5) is 16.1. The van der Waals surface area contributed by atoms with Crippen LogP contribution in [0.1, 0.15) is 12.5 Å². The summed E-state index contributed by atoms with van der Waals surface area (Å²) < 4.78 is 13.6. The fourth-order valence-corrected chi connectivity index (χ4v) is 3.21. The Bertz CT molecular complexity index is 709. The highest BCUT2D eigenvalue weighted by molar-refractivity contribution is 5.92. The Morgan fingerprint density at radius 1 is 1.12 bits per heavy atom. The van der Waals surface area contributed by atoms with E-state index >= 15 is 0 Å². The van der Waals surface area contributed by atoms with Crippen molar-refractivity contribution in [2.24, 2.45) is 0 Å². The SMILES string of the molecule is CC[NH+]1CCN(c2ccc(NC(=O)Cc3ccccc3F)cc2)CC1. The number of hydrogen-bond donors (Lipinski definition) is 2. The second-order valence-corrected chi connectivity index (χ2v) is 6.45. The van der Waals surface area contributed by atoms with Crippen molar-refractivity contribution in [3.05, 3.63) is 59.9 Å². The maximum atomic E-state index is 13.6. The first-order chi connectivity index (χ1) is 12.2. The molecule has 1 fully saturated rings. The Labute approximate surface area is 148 Å². The molecule has 0 aliphatic carbocycles. The minimum Gasteiger partial charge on any atom is -0.360 e. The lowest BCUT2D eigenvalue weighted by Crippen LogP contribution is -3.14. The lowest BCUT2D eigenvalue weighted by Gasteiger charge is -2.33. The number of anilines is 2. The number of piperazine rings is 1. The summed E-state index contributed by atoms with van der Waals surface area (Å²) in [6, 6.07) is 14.3. The summed E-state index contributed by atoms with van der Waals surface area (Å²) in [6.45, 7) is 7.85. The van der Waals surface area contributed by atoms with E-state index in [9.17, 15) is 9.18 Å². The molecule has 2 aromatic rings. The Morgan fingerprint density at radius 2 is 1.80 bits per heavy atom. The van der Waals surface area contributed by atoms with Gasteiger partial charge in [0.05, 0.1) is 39.1 Å². The maximum Gasteiger partial charge on any atom is 0.228 e. The van der Waals surface area contributed by atoms with Gasteiger partial charge in [0.15, 0.2) is 0 Å². The molecule has 5 heteroatoms. The Morgan fingerprint density at radius 3 is 2.44 bits per heavy atom. The molecule has 1 heterocycles. The van der Waals surface area contributed by atoms with Crippen LogP contribution in [0, 0.1) is 5.82 Å². The number of carbonyl (C=O) groups excluding carboxylic acids is 1. The fraction of sp³-hybridized carbons (Fsp3) is 0.350. The molecule has 1 aliphatic rings. The van der Waals surface area contributed by atoms with Crippen LogP contribution in [0.25, 0.3) is 0 Å². The molecule has 132 valence electrons. The maximum absolute atomic E-state index is 13.6. The third-order valence-corrected chi connectivity index (χ3v) is 4.80. The van der Waals surface area contributed by atoms with Gasteiger partial charge in [-0.3, -0.25) is 4.79 Å². The number of rotatable bonds is 5. The van der Waals surface area contributed by atoms with Gasteiger partial charge in [0.25, 0.3) is 0 Å². The highest BCUT2D eigenvalue weighted by Crippen LogP contribution is 2.18. The third kappa shape index (κ3) is 4.57. The molecule has 0 unspecified atom stereocenters. The number of amides is 1. The average Bonchev–Trinajstić information content (AvgIpc) is 2.64. The molecule has 1 saturated heterocycles. The van der Waals surface area contributed by atoms with Crippen molar-refractivity contribution in [1.82, 2.24) is 0 Å². The Kier molecular flexibility index (Phi) is 5.66. The number of nitrogens with one attached hydrogen (secondary N) is 2. The number of halogens is 1. The molecule has 0 aromatic heterocycles. The lowest BCUT2D eigenvalue weighted by molar-refractivity contribution is -0.898. The van der Waals surface area contributed by atoms with E-state index in [1.54, 1.807) is 23.1 Å². The molecular formula is C20H25FN3O+. The van der Waals surface area contributed by atoms with E-state index in [0.29, 0.717) is 5.56 Å². The van der Waals surface area contributed by atoms with Gasteiger partial charge in [0, 0.05) is 11.4 Å². The van der Waals surface area contributed by atoms with E-state index in [1.165, 1.54) is 18.3 Å². The minimum absolute atomic E-state index is 0.0379. The van der Waals surface area contributed by atoms with Crippen LogP contribution in [-0.2, 0) is 11.2 Å². The molecule has 0 bridgehead atoms. The lowest BCUT2D eigenvalue weighted by atomic mass is 10.1. The monoisotopic (exact) mass is 342 g/mol. The zero-order valence-electron chi connectivity index (χ0n) is 14.6. The number of hydrogen-bond acceptors (Lipinski definition) is 2. The largest absolute Gasteiger partial charge is 0.360 e. The molecule has 0 atom stereocenters. The second kappa shape index (κ2) is 8.12. The summed E-state index contributed by atoms with van der Waals surface area (Å²) in [5.41, 5.74) is 2.33. The molecular weight excluding hydrogens is 317 g/mol. The predicted molar refractivity (Wildman–Crippen MR) is 98.6 cm³/mol. The molecule has 1 aliphatic heterocycles. The molecule has 2 N–H and O–H groups in total. The number of nitrogens with zero attached hydrogens (tertiary/aromatic N) is 1. The first-order valence-corrected chi connectivity index (χ1v) is 8.87. The molecule has 0 saturated carbocycles. The number of carbonyl (C=O) groups is 1. The summed E-state index contributed by atoms with van der Waals surface area (Å²) in [5.74, 6) is -0.556. The van der Waals surface area contributed by atoms with Crippen molar-refractivity contribution in [3.63, 3.8) is 0 Å². The first kappa shape index (κ1) is 17.4. The van der Waals surface area contributed by atoms with Crippen LogP contribution in [0.2, 0.25) is 0 Å². The van der Waals surface area contributed by atoms with Crippen molar-refractivity contribution in [1.29, 1.82) is 0 Å². The number of quaternary nitrogens is 1. The van der Waals surface area contributed by atoms with Crippen LogP contribution in [0.15, 0.2) is 48.5 Å². The van der Waals surface area contributed by atoms with Gasteiger partial charge < -0.3 is 15.1 Å². The Hall–Kier alpha value is -2.40. The van der Waals surface area contributed by atoms with Crippen LogP contribution in [-0.4, -0.2) is 38.6 Å². The zero-order valence-corrected chi connectivity index (χ0v) is 14.6. The van der Waals surface area contributed by atoms with E-state index in [1.807, 2.05) is 24.3 Å². The van der Waals surface area contributed by atoms with Crippen molar-refractivity contribution in [2.75, 3.05) is 42.9 Å². The van der Waals surface area contributed by atoms with Crippen molar-refractivity contribution >= 4 is 17.3 Å². The van der Waals surface area contributed by atoms with E-state index in [-0.39, 0.29) is 18.1 Å². The van der Waals surface area contributed by atoms with Crippen molar-refractivity contribution < 1.29 is 14.1 Å². The van der Waals surface area contributed by atoms with Crippen LogP contribution < -0.4 is 15.1 Å².